The van der Waals surface area contributed by atoms with E-state index < -0.39 is 11.6 Å². The van der Waals surface area contributed by atoms with Crippen LogP contribution in [0.15, 0.2) is 23.8 Å². The van der Waals surface area contributed by atoms with Gasteiger partial charge in [0.2, 0.25) is 5.78 Å². The normalized spacial score (nSPS) is 20.5. The predicted molar refractivity (Wildman–Crippen MR) is 91.0 cm³/mol. The first-order valence-electron chi connectivity index (χ1n) is 8.73. The number of rotatable bonds is 11. The highest BCUT2D eigenvalue weighted by atomic mass is 16.6. The molecule has 0 aromatic carbocycles. The zero-order valence-corrected chi connectivity index (χ0v) is 14.5. The van der Waals surface area contributed by atoms with Crippen LogP contribution in [0, 0.1) is 0 Å². The summed E-state index contributed by atoms with van der Waals surface area (Å²) in [5, 5.41) is 8.72. The zero-order valence-electron chi connectivity index (χ0n) is 14.5. The van der Waals surface area contributed by atoms with Crippen molar-refractivity contribution in [2.75, 3.05) is 6.61 Å². The molecule has 4 nitrogen and oxygen atoms in total. The first-order chi connectivity index (χ1) is 11.0. The largest absolute Gasteiger partial charge is 0.447 e. The fourth-order valence-corrected chi connectivity index (χ4v) is 2.98. The smallest absolute Gasteiger partial charge is 0.303 e. The molecule has 0 saturated carbocycles. The summed E-state index contributed by atoms with van der Waals surface area (Å²) in [6.07, 6.45) is 14.4. The fraction of sp³-hybridized carbons (Fsp3) is 0.684. The molecule has 0 fully saturated rings. The van der Waals surface area contributed by atoms with Crippen LogP contribution in [-0.2, 0) is 14.3 Å². The van der Waals surface area contributed by atoms with Crippen LogP contribution in [0.1, 0.15) is 71.6 Å². The van der Waals surface area contributed by atoms with Crippen molar-refractivity contribution >= 4 is 11.8 Å². The van der Waals surface area contributed by atoms with Gasteiger partial charge in [-0.3, -0.25) is 9.59 Å². The second kappa shape index (κ2) is 10.4. The number of unbranched alkanes of at least 4 members (excludes halogenated alkanes) is 7. The molecule has 0 amide bonds. The van der Waals surface area contributed by atoms with Gasteiger partial charge in [-0.15, -0.1) is 0 Å². The Hall–Kier alpha value is -1.42. The van der Waals surface area contributed by atoms with Crippen LogP contribution in [0.5, 0.6) is 0 Å². The third-order valence-electron chi connectivity index (χ3n) is 4.24. The molecule has 1 aliphatic carbocycles. The van der Waals surface area contributed by atoms with Crippen LogP contribution in [0.2, 0.25) is 0 Å². The fourth-order valence-electron chi connectivity index (χ4n) is 2.98. The number of Topliss-reactive ketones (excluding diaryl/α,β-unsaturated/α-hetero) is 1. The van der Waals surface area contributed by atoms with E-state index in [1.54, 1.807) is 25.2 Å². The number of allylic oxidation sites excluding steroid dienone is 2. The standard InChI is InChI=1S/C19H30O4/c1-16-12-11-14-19(18(16)22,23-17(2)21)13-9-7-5-3-4-6-8-10-15-20/h11-12,14,20H,3-10,13,15H2,1-2H3. The third-order valence-corrected chi connectivity index (χ3v) is 4.24. The average molecular weight is 322 g/mol. The lowest BCUT2D eigenvalue weighted by Gasteiger charge is -2.30. The van der Waals surface area contributed by atoms with Gasteiger partial charge < -0.3 is 9.84 Å². The van der Waals surface area contributed by atoms with Gasteiger partial charge in [-0.25, -0.2) is 0 Å². The van der Waals surface area contributed by atoms with Gasteiger partial charge in [0.15, 0.2) is 5.60 Å². The SMILES string of the molecule is CC(=O)OC1(CCCCCCCCCCO)C=CC=C(C)C1=O. The molecular formula is C19H30O4. The Morgan fingerprint density at radius 1 is 1.09 bits per heavy atom. The lowest BCUT2D eigenvalue weighted by molar-refractivity contribution is -0.159. The first kappa shape index (κ1) is 19.6. The van der Waals surface area contributed by atoms with Crippen molar-refractivity contribution in [2.24, 2.45) is 0 Å². The van der Waals surface area contributed by atoms with E-state index in [2.05, 4.69) is 0 Å². The van der Waals surface area contributed by atoms with Crippen LogP contribution in [-0.4, -0.2) is 29.1 Å². The predicted octanol–water partition coefficient (Wildman–Crippen LogP) is 3.88. The van der Waals surface area contributed by atoms with E-state index in [4.69, 9.17) is 9.84 Å². The number of hydrogen-bond donors (Lipinski definition) is 1. The van der Waals surface area contributed by atoms with Crippen molar-refractivity contribution in [3.63, 3.8) is 0 Å². The van der Waals surface area contributed by atoms with Gasteiger partial charge in [-0.1, -0.05) is 50.7 Å². The van der Waals surface area contributed by atoms with Gasteiger partial charge in [0.05, 0.1) is 0 Å². The Kier molecular flexibility index (Phi) is 8.85. The highest BCUT2D eigenvalue weighted by molar-refractivity contribution is 6.05. The number of carbonyl (C=O) groups excluding carboxylic acids is 2. The molecule has 130 valence electrons. The Morgan fingerprint density at radius 2 is 1.65 bits per heavy atom. The monoisotopic (exact) mass is 322 g/mol. The van der Waals surface area contributed by atoms with Crippen LogP contribution >= 0.6 is 0 Å². The average Bonchev–Trinajstić information content (AvgIpc) is 2.50. The number of ether oxygens (including phenoxy) is 1. The second-order valence-corrected chi connectivity index (χ2v) is 6.32. The van der Waals surface area contributed by atoms with Crippen LogP contribution in [0.4, 0.5) is 0 Å². The zero-order chi connectivity index (χ0) is 17.1. The number of carbonyl (C=O) groups is 2. The summed E-state index contributed by atoms with van der Waals surface area (Å²) in [6, 6.07) is 0. The van der Waals surface area contributed by atoms with E-state index in [9.17, 15) is 9.59 Å². The first-order valence-corrected chi connectivity index (χ1v) is 8.73. The maximum atomic E-state index is 12.4. The van der Waals surface area contributed by atoms with Crippen LogP contribution in [0.25, 0.3) is 0 Å². The van der Waals surface area contributed by atoms with Gasteiger partial charge >= 0.3 is 5.97 Å². The third kappa shape index (κ3) is 6.69. The molecule has 0 aromatic rings. The molecule has 1 aliphatic rings. The number of hydrogen-bond acceptors (Lipinski definition) is 4. The topological polar surface area (TPSA) is 63.6 Å². The minimum absolute atomic E-state index is 0.0980. The Morgan fingerprint density at radius 3 is 2.22 bits per heavy atom. The Bertz CT molecular complexity index is 450. The van der Waals surface area contributed by atoms with Gasteiger partial charge in [0, 0.05) is 13.5 Å². The number of aliphatic hydroxyl groups excluding tert-OH is 1. The molecule has 1 unspecified atom stereocenters. The molecule has 1 N–H and O–H groups in total. The summed E-state index contributed by atoms with van der Waals surface area (Å²) >= 11 is 0. The highest BCUT2D eigenvalue weighted by Crippen LogP contribution is 2.29. The summed E-state index contributed by atoms with van der Waals surface area (Å²) in [4.78, 5) is 23.8. The molecule has 0 radical (unpaired) electrons. The van der Waals surface area contributed by atoms with E-state index in [0.29, 0.717) is 12.0 Å². The molecule has 1 atom stereocenters. The molecule has 1 rings (SSSR count). The van der Waals surface area contributed by atoms with Crippen molar-refractivity contribution in [3.05, 3.63) is 23.8 Å². The lowest BCUT2D eigenvalue weighted by atomic mass is 9.84. The number of ketones is 1. The quantitative estimate of drug-likeness (QED) is 0.463. The van der Waals surface area contributed by atoms with Gasteiger partial charge in [-0.2, -0.15) is 0 Å². The Balaban J connectivity index is 2.34. The van der Waals surface area contributed by atoms with Gasteiger partial charge in [0.1, 0.15) is 0 Å². The van der Waals surface area contributed by atoms with Crippen molar-refractivity contribution < 1.29 is 19.4 Å². The van der Waals surface area contributed by atoms with Crippen molar-refractivity contribution in [2.45, 2.75) is 77.2 Å². The minimum Gasteiger partial charge on any atom is -0.447 e. The number of esters is 1. The lowest BCUT2D eigenvalue weighted by Crippen LogP contribution is -2.42. The summed E-state index contributed by atoms with van der Waals surface area (Å²) < 4.78 is 5.39. The summed E-state index contributed by atoms with van der Waals surface area (Å²) in [7, 11) is 0. The maximum Gasteiger partial charge on any atom is 0.303 e. The molecule has 0 heterocycles. The summed E-state index contributed by atoms with van der Waals surface area (Å²) in [6.45, 7) is 3.40. The molecule has 0 aromatic heterocycles. The molecule has 4 heteroatoms. The maximum absolute atomic E-state index is 12.4. The van der Waals surface area contributed by atoms with Crippen molar-refractivity contribution in [1.82, 2.24) is 0 Å². The highest BCUT2D eigenvalue weighted by Gasteiger charge is 2.40. The second-order valence-electron chi connectivity index (χ2n) is 6.32. The van der Waals surface area contributed by atoms with Crippen molar-refractivity contribution in [3.8, 4) is 0 Å². The van der Waals surface area contributed by atoms with Crippen LogP contribution in [0.3, 0.4) is 0 Å². The molecule has 0 aliphatic heterocycles. The molecule has 0 saturated heterocycles. The van der Waals surface area contributed by atoms with E-state index >= 15 is 0 Å². The Labute approximate surface area is 139 Å². The van der Waals surface area contributed by atoms with Gasteiger partial charge in [0.25, 0.3) is 0 Å². The van der Waals surface area contributed by atoms with E-state index in [-0.39, 0.29) is 12.4 Å². The molecule has 0 spiro atoms. The van der Waals surface area contributed by atoms with E-state index in [1.165, 1.54) is 26.2 Å². The van der Waals surface area contributed by atoms with E-state index in [1.807, 2.05) is 0 Å². The van der Waals surface area contributed by atoms with Gasteiger partial charge in [-0.05, 0) is 37.8 Å². The molecule has 23 heavy (non-hydrogen) atoms. The van der Waals surface area contributed by atoms with Crippen molar-refractivity contribution in [1.29, 1.82) is 0 Å². The summed E-state index contributed by atoms with van der Waals surface area (Å²) in [5.41, 5.74) is -0.455. The minimum atomic E-state index is -1.09. The molecule has 0 bridgehead atoms. The number of aliphatic hydroxyl groups is 1. The van der Waals surface area contributed by atoms with E-state index in [0.717, 1.165) is 32.1 Å². The molecular weight excluding hydrogens is 292 g/mol. The van der Waals surface area contributed by atoms with Crippen LogP contribution < -0.4 is 0 Å². The summed E-state index contributed by atoms with van der Waals surface area (Å²) in [5.74, 6) is -0.513.